The van der Waals surface area contributed by atoms with E-state index in [1.165, 1.54) is 6.21 Å². The van der Waals surface area contributed by atoms with Crippen molar-refractivity contribution in [3.8, 4) is 0 Å². The summed E-state index contributed by atoms with van der Waals surface area (Å²) in [4.78, 5) is 20.6. The molecule has 0 saturated heterocycles. The predicted octanol–water partition coefficient (Wildman–Crippen LogP) is 4.16. The van der Waals surface area contributed by atoms with Crippen molar-refractivity contribution >= 4 is 29.4 Å². The van der Waals surface area contributed by atoms with Crippen molar-refractivity contribution in [2.24, 2.45) is 9.98 Å². The molecule has 0 rings (SSSR count). The van der Waals surface area contributed by atoms with Gasteiger partial charge in [0.15, 0.2) is 0 Å². The molecule has 0 aliphatic carbocycles. The van der Waals surface area contributed by atoms with Gasteiger partial charge in [-0.05, 0) is 45.8 Å². The molecular formula is C17H24ClN3O. The van der Waals surface area contributed by atoms with Crippen LogP contribution < -0.4 is 5.32 Å². The summed E-state index contributed by atoms with van der Waals surface area (Å²) in [6.45, 7) is 16.5. The second kappa shape index (κ2) is 9.90. The molecule has 1 amide bonds. The highest BCUT2D eigenvalue weighted by Gasteiger charge is 2.17. The Morgan fingerprint density at radius 2 is 1.91 bits per heavy atom. The number of amides is 1. The summed E-state index contributed by atoms with van der Waals surface area (Å²) in [5, 5.41) is 3.08. The van der Waals surface area contributed by atoms with Crippen LogP contribution in [0.15, 0.2) is 57.3 Å². The number of aliphatic imine (C=N–C) groups is 2. The van der Waals surface area contributed by atoms with Crippen molar-refractivity contribution in [1.82, 2.24) is 5.32 Å². The number of halogens is 1. The Balaban J connectivity index is 5.36. The maximum atomic E-state index is 12.3. The minimum atomic E-state index is -0.372. The van der Waals surface area contributed by atoms with E-state index in [0.717, 1.165) is 11.3 Å². The second-order valence-corrected chi connectivity index (χ2v) is 5.31. The summed E-state index contributed by atoms with van der Waals surface area (Å²) in [6, 6.07) is -0.273. The van der Waals surface area contributed by atoms with E-state index >= 15 is 0 Å². The lowest BCUT2D eigenvalue weighted by Crippen LogP contribution is -2.34. The molecule has 0 radical (unpaired) electrons. The Morgan fingerprint density at radius 1 is 1.32 bits per heavy atom. The van der Waals surface area contributed by atoms with Gasteiger partial charge in [-0.3, -0.25) is 14.8 Å². The zero-order chi connectivity index (χ0) is 17.3. The van der Waals surface area contributed by atoms with E-state index in [-0.39, 0.29) is 22.7 Å². The van der Waals surface area contributed by atoms with Gasteiger partial charge in [0.05, 0.1) is 11.1 Å². The fraction of sp³-hybridized carbons (Fsp3) is 0.353. The highest BCUT2D eigenvalue weighted by atomic mass is 35.5. The molecule has 0 aliphatic rings. The van der Waals surface area contributed by atoms with Crippen molar-refractivity contribution in [3.05, 3.63) is 47.3 Å². The van der Waals surface area contributed by atoms with E-state index in [1.54, 1.807) is 26.1 Å². The first kappa shape index (κ1) is 20.1. The number of carbonyl (C=O) groups excluding carboxylic acids is 1. The van der Waals surface area contributed by atoms with E-state index in [1.807, 2.05) is 20.8 Å². The van der Waals surface area contributed by atoms with Crippen LogP contribution in [0.1, 0.15) is 34.6 Å². The number of hydrogen-bond donors (Lipinski definition) is 1. The molecule has 0 bridgehead atoms. The van der Waals surface area contributed by atoms with Crippen LogP contribution in [0.2, 0.25) is 0 Å². The zero-order valence-electron chi connectivity index (χ0n) is 13.9. The van der Waals surface area contributed by atoms with E-state index in [0.29, 0.717) is 5.57 Å². The maximum Gasteiger partial charge on any atom is 0.271 e. The van der Waals surface area contributed by atoms with E-state index in [2.05, 4.69) is 28.5 Å². The van der Waals surface area contributed by atoms with Crippen LogP contribution in [-0.4, -0.2) is 23.9 Å². The Morgan fingerprint density at radius 3 is 2.32 bits per heavy atom. The number of rotatable bonds is 7. The summed E-state index contributed by atoms with van der Waals surface area (Å²) in [6.07, 6.45) is 4.85. The first-order valence-electron chi connectivity index (χ1n) is 6.93. The first-order valence-corrected chi connectivity index (χ1v) is 7.31. The van der Waals surface area contributed by atoms with Gasteiger partial charge < -0.3 is 5.32 Å². The fourth-order valence-electron chi connectivity index (χ4n) is 1.44. The summed E-state index contributed by atoms with van der Waals surface area (Å²) in [5.74, 6) is -0.372. The van der Waals surface area contributed by atoms with Gasteiger partial charge in [-0.25, -0.2) is 0 Å². The lowest BCUT2D eigenvalue weighted by atomic mass is 10.1. The Bertz CT molecular complexity index is 564. The molecule has 1 atom stereocenters. The van der Waals surface area contributed by atoms with E-state index in [9.17, 15) is 4.79 Å². The highest BCUT2D eigenvalue weighted by Crippen LogP contribution is 2.19. The predicted molar refractivity (Wildman–Crippen MR) is 96.5 cm³/mol. The molecule has 4 nitrogen and oxygen atoms in total. The highest BCUT2D eigenvalue weighted by molar-refractivity contribution is 6.34. The third-order valence-electron chi connectivity index (χ3n) is 2.61. The Labute approximate surface area is 138 Å². The van der Waals surface area contributed by atoms with Gasteiger partial charge in [-0.1, -0.05) is 30.8 Å². The molecule has 0 saturated carbocycles. The van der Waals surface area contributed by atoms with Crippen molar-refractivity contribution < 1.29 is 4.79 Å². The minimum Gasteiger partial charge on any atom is -0.344 e. The molecule has 0 aromatic rings. The molecule has 0 heterocycles. The Kier molecular flexibility index (Phi) is 9.03. The van der Waals surface area contributed by atoms with E-state index < -0.39 is 0 Å². The first-order chi connectivity index (χ1) is 10.2. The molecule has 0 aromatic carbocycles. The van der Waals surface area contributed by atoms with Crippen molar-refractivity contribution in [3.63, 3.8) is 0 Å². The average molecular weight is 322 g/mol. The molecule has 5 heteroatoms. The quantitative estimate of drug-likeness (QED) is 0.427. The van der Waals surface area contributed by atoms with Crippen LogP contribution in [0.5, 0.6) is 0 Å². The average Bonchev–Trinajstić information content (AvgIpc) is 2.43. The molecule has 1 unspecified atom stereocenters. The SMILES string of the molecule is C=C/C(=C\N=C(C)C)C(C)NC(=O)C(/N=C\C)=C(\Cl)C(=C)C. The maximum absolute atomic E-state index is 12.3. The second-order valence-electron chi connectivity index (χ2n) is 4.93. The van der Waals surface area contributed by atoms with Gasteiger partial charge in [0.25, 0.3) is 5.91 Å². The molecular weight excluding hydrogens is 298 g/mol. The van der Waals surface area contributed by atoms with Gasteiger partial charge in [0.1, 0.15) is 5.70 Å². The summed E-state index contributed by atoms with van der Waals surface area (Å²) in [5.41, 5.74) is 2.43. The van der Waals surface area contributed by atoms with Crippen LogP contribution in [0.3, 0.4) is 0 Å². The van der Waals surface area contributed by atoms with E-state index in [4.69, 9.17) is 11.6 Å². The molecule has 0 fully saturated rings. The van der Waals surface area contributed by atoms with Crippen molar-refractivity contribution in [1.29, 1.82) is 0 Å². The van der Waals surface area contributed by atoms with Crippen LogP contribution >= 0.6 is 11.6 Å². The monoisotopic (exact) mass is 321 g/mol. The Hall–Kier alpha value is -1.94. The van der Waals surface area contributed by atoms with Crippen LogP contribution in [0.25, 0.3) is 0 Å². The third-order valence-corrected chi connectivity index (χ3v) is 3.11. The van der Waals surface area contributed by atoms with Crippen LogP contribution in [-0.2, 0) is 4.79 Å². The minimum absolute atomic E-state index is 0.141. The topological polar surface area (TPSA) is 53.8 Å². The number of nitrogens with zero attached hydrogens (tertiary/aromatic N) is 2. The normalized spacial score (nSPS) is 14.2. The van der Waals surface area contributed by atoms with Crippen molar-refractivity contribution in [2.45, 2.75) is 40.7 Å². The smallest absolute Gasteiger partial charge is 0.271 e. The molecule has 1 N–H and O–H groups in total. The summed E-state index contributed by atoms with van der Waals surface area (Å²) in [7, 11) is 0. The number of hydrogen-bond acceptors (Lipinski definition) is 3. The summed E-state index contributed by atoms with van der Waals surface area (Å²) < 4.78 is 0. The molecule has 0 spiro atoms. The fourth-order valence-corrected chi connectivity index (χ4v) is 1.57. The standard InChI is InChI=1S/C17H24ClN3O/c1-8-14(10-20-12(5)6)13(7)21-17(22)16(19-9-2)15(18)11(3)4/h8-10,13H,1,3H2,2,4-7H3,(H,21,22)/b14-10+,16-15+,19-9-. The van der Waals surface area contributed by atoms with Crippen molar-refractivity contribution in [2.75, 3.05) is 0 Å². The number of carbonyl (C=O) groups is 1. The van der Waals surface area contributed by atoms with Gasteiger partial charge in [0, 0.05) is 18.1 Å². The van der Waals surface area contributed by atoms with Gasteiger partial charge in [-0.15, -0.1) is 0 Å². The van der Waals surface area contributed by atoms with Crippen LogP contribution in [0, 0.1) is 0 Å². The number of nitrogens with one attached hydrogen (secondary N) is 1. The zero-order valence-corrected chi connectivity index (χ0v) is 14.7. The molecule has 0 aromatic heterocycles. The lowest BCUT2D eigenvalue weighted by molar-refractivity contribution is -0.117. The van der Waals surface area contributed by atoms with Crippen LogP contribution in [0.4, 0.5) is 0 Å². The van der Waals surface area contributed by atoms with Gasteiger partial charge in [-0.2, -0.15) is 0 Å². The van der Waals surface area contributed by atoms with Gasteiger partial charge >= 0.3 is 0 Å². The molecule has 0 aliphatic heterocycles. The van der Waals surface area contributed by atoms with Gasteiger partial charge in [0.2, 0.25) is 0 Å². The number of allylic oxidation sites excluding steroid dienone is 2. The third kappa shape index (κ3) is 6.68. The largest absolute Gasteiger partial charge is 0.344 e. The lowest BCUT2D eigenvalue weighted by Gasteiger charge is -2.15. The molecule has 120 valence electrons. The summed E-state index contributed by atoms with van der Waals surface area (Å²) >= 11 is 6.10. The molecule has 22 heavy (non-hydrogen) atoms.